The number of H-pyrrole nitrogens is 2. The second-order valence-corrected chi connectivity index (χ2v) is 14.3. The maximum atomic E-state index is 13.5. The molecule has 0 spiro atoms. The maximum absolute atomic E-state index is 13.5. The summed E-state index contributed by atoms with van der Waals surface area (Å²) in [6.07, 6.45) is 5.23. The Bertz CT molecular complexity index is 1940. The molecule has 4 atom stereocenters. The molecule has 14 heteroatoms. The minimum atomic E-state index is -1.22. The van der Waals surface area contributed by atoms with Crippen LogP contribution in [0, 0.1) is 5.92 Å². The molecule has 0 saturated carbocycles. The van der Waals surface area contributed by atoms with Crippen LogP contribution in [0.4, 0.5) is 9.59 Å². The van der Waals surface area contributed by atoms with Crippen molar-refractivity contribution in [1.29, 1.82) is 0 Å². The molecule has 2 saturated heterocycles. The van der Waals surface area contributed by atoms with Crippen LogP contribution in [0.5, 0.6) is 0 Å². The summed E-state index contributed by atoms with van der Waals surface area (Å²) in [5.41, 5.74) is 4.49. The van der Waals surface area contributed by atoms with E-state index in [4.69, 9.17) is 4.74 Å². The monoisotopic (exact) mass is 724 g/mol. The molecule has 0 bridgehead atoms. The predicted molar refractivity (Wildman–Crippen MR) is 198 cm³/mol. The van der Waals surface area contributed by atoms with Crippen LogP contribution >= 0.6 is 0 Å². The van der Waals surface area contributed by atoms with Gasteiger partial charge in [0.25, 0.3) is 0 Å². The van der Waals surface area contributed by atoms with Crippen molar-refractivity contribution in [1.82, 2.24) is 40.4 Å². The average Bonchev–Trinajstić information content (AvgIpc) is 3.99. The first kappa shape index (κ1) is 37.1. The number of aromatic amines is 2. The zero-order valence-corrected chi connectivity index (χ0v) is 30.8. The Kier molecular flexibility index (Phi) is 10.9. The third-order valence-electron chi connectivity index (χ3n) is 10.6. The summed E-state index contributed by atoms with van der Waals surface area (Å²) in [5.74, 6) is 0.904. The fraction of sp³-hybridized carbons (Fsp3) is 0.436. The van der Waals surface area contributed by atoms with E-state index in [-0.39, 0.29) is 29.8 Å². The number of amides is 4. The number of alkyl carbamates (subject to hydrolysis) is 1. The number of ether oxygens (including phenoxy) is 1. The largest absolute Gasteiger partial charge is 0.465 e. The van der Waals surface area contributed by atoms with Crippen molar-refractivity contribution in [3.05, 3.63) is 72.6 Å². The lowest BCUT2D eigenvalue weighted by atomic mass is 9.96. The van der Waals surface area contributed by atoms with E-state index in [1.807, 2.05) is 38.1 Å². The number of benzene rings is 2. The van der Waals surface area contributed by atoms with E-state index >= 15 is 0 Å². The van der Waals surface area contributed by atoms with Crippen LogP contribution in [0.2, 0.25) is 0 Å². The summed E-state index contributed by atoms with van der Waals surface area (Å²) < 4.78 is 4.75. The lowest BCUT2D eigenvalue weighted by Gasteiger charge is -2.34. The van der Waals surface area contributed by atoms with Crippen molar-refractivity contribution >= 4 is 24.0 Å². The van der Waals surface area contributed by atoms with Gasteiger partial charge in [-0.2, -0.15) is 0 Å². The molecule has 4 aromatic rings. The van der Waals surface area contributed by atoms with Gasteiger partial charge in [-0.05, 0) is 67.2 Å². The van der Waals surface area contributed by atoms with Crippen LogP contribution < -0.4 is 10.6 Å². The van der Waals surface area contributed by atoms with Crippen LogP contribution in [-0.2, 0) is 14.3 Å². The summed E-state index contributed by atoms with van der Waals surface area (Å²) in [7, 11) is 1.29. The van der Waals surface area contributed by atoms with E-state index in [0.29, 0.717) is 25.3 Å². The molecular formula is C39H48N8O6. The predicted octanol–water partition coefficient (Wildman–Crippen LogP) is 6.28. The van der Waals surface area contributed by atoms with Gasteiger partial charge in [0, 0.05) is 13.1 Å². The third-order valence-corrected chi connectivity index (χ3v) is 10.6. The molecule has 4 heterocycles. The molecule has 5 N–H and O–H groups in total. The van der Waals surface area contributed by atoms with E-state index < -0.39 is 23.8 Å². The van der Waals surface area contributed by atoms with Crippen LogP contribution in [0.15, 0.2) is 60.9 Å². The number of rotatable bonds is 11. The first-order valence-electron chi connectivity index (χ1n) is 18.2. The van der Waals surface area contributed by atoms with E-state index in [1.54, 1.807) is 36.0 Å². The van der Waals surface area contributed by atoms with Crippen LogP contribution in [0.1, 0.15) is 83.5 Å². The van der Waals surface area contributed by atoms with Crippen molar-refractivity contribution in [2.45, 2.75) is 83.5 Å². The van der Waals surface area contributed by atoms with Crippen LogP contribution in [0.3, 0.4) is 0 Å². The first-order valence-corrected chi connectivity index (χ1v) is 18.2. The van der Waals surface area contributed by atoms with Crippen molar-refractivity contribution in [2.75, 3.05) is 20.2 Å². The van der Waals surface area contributed by atoms with Gasteiger partial charge in [0.1, 0.15) is 23.2 Å². The Labute approximate surface area is 308 Å². The topological polar surface area (TPSA) is 186 Å². The number of imidazole rings is 2. The molecule has 6 rings (SSSR count). The highest BCUT2D eigenvalue weighted by atomic mass is 16.5. The summed E-state index contributed by atoms with van der Waals surface area (Å²) in [5, 5.41) is 14.4. The number of hydrogen-bond donors (Lipinski definition) is 5. The smallest absolute Gasteiger partial charge is 0.407 e. The second kappa shape index (κ2) is 15.5. The average molecular weight is 725 g/mol. The summed E-state index contributed by atoms with van der Waals surface area (Å²) in [4.78, 5) is 69.9. The highest BCUT2D eigenvalue weighted by Crippen LogP contribution is 2.35. The van der Waals surface area contributed by atoms with Gasteiger partial charge in [-0.1, -0.05) is 69.3 Å². The standard InChI is InChI=1S/C39H48N8O6/c1-6-39(4,45-37(50)51)36(49)47-20-8-10-31(47)34-41-22-29(43-34)27-17-13-25(14-18-27)24-11-15-26(16-12-24)28-21-40-33(42-28)30-9-7-19-46(30)35(48)32(23(2)3)44-38(52)53-5/h11-18,21-23,30-32,45H,6-10,19-20H2,1-5H3,(H,40,42)(H,41,43)(H,44,52)(H,50,51)/t30-,31-,32+,39+/m0/s1. The highest BCUT2D eigenvalue weighted by Gasteiger charge is 2.42. The lowest BCUT2D eigenvalue weighted by Crippen LogP contribution is -2.57. The number of hydrogen-bond acceptors (Lipinski definition) is 7. The summed E-state index contributed by atoms with van der Waals surface area (Å²) in [6.45, 7) is 8.35. The fourth-order valence-corrected chi connectivity index (χ4v) is 7.32. The molecule has 0 radical (unpaired) electrons. The number of likely N-dealkylation sites (tertiary alicyclic amines) is 2. The number of methoxy groups -OCH3 is 1. The first-order chi connectivity index (χ1) is 25.4. The third kappa shape index (κ3) is 7.76. The van der Waals surface area contributed by atoms with Crippen molar-refractivity contribution < 1.29 is 29.0 Å². The van der Waals surface area contributed by atoms with Crippen molar-refractivity contribution in [3.63, 3.8) is 0 Å². The minimum absolute atomic E-state index is 0.107. The van der Waals surface area contributed by atoms with E-state index in [2.05, 4.69) is 54.8 Å². The van der Waals surface area contributed by atoms with Gasteiger partial charge in [-0.25, -0.2) is 19.6 Å². The van der Waals surface area contributed by atoms with Gasteiger partial charge in [-0.15, -0.1) is 0 Å². The van der Waals surface area contributed by atoms with Crippen molar-refractivity contribution in [2.24, 2.45) is 5.92 Å². The quantitative estimate of drug-likeness (QED) is 0.120. The van der Waals surface area contributed by atoms with Crippen molar-refractivity contribution in [3.8, 4) is 33.6 Å². The fourth-order valence-electron chi connectivity index (χ4n) is 7.32. The van der Waals surface area contributed by atoms with Gasteiger partial charge < -0.3 is 40.2 Å². The Morgan fingerprint density at radius 2 is 1.32 bits per heavy atom. The number of carbonyl (C=O) groups is 4. The minimum Gasteiger partial charge on any atom is -0.465 e. The molecule has 280 valence electrons. The molecule has 0 aliphatic carbocycles. The number of carbonyl (C=O) groups excluding carboxylic acids is 3. The van der Waals surface area contributed by atoms with E-state index in [1.165, 1.54) is 7.11 Å². The van der Waals surface area contributed by atoms with Gasteiger partial charge >= 0.3 is 12.2 Å². The zero-order chi connectivity index (χ0) is 37.9. The van der Waals surface area contributed by atoms with Gasteiger partial charge in [0.2, 0.25) is 11.8 Å². The zero-order valence-electron chi connectivity index (χ0n) is 30.8. The molecule has 2 fully saturated rings. The Balaban J connectivity index is 1.11. The molecule has 2 aliphatic rings. The Morgan fingerprint density at radius 3 is 1.77 bits per heavy atom. The second-order valence-electron chi connectivity index (χ2n) is 14.3. The maximum Gasteiger partial charge on any atom is 0.407 e. The van der Waals surface area contributed by atoms with E-state index in [9.17, 15) is 24.3 Å². The van der Waals surface area contributed by atoms with Gasteiger partial charge in [-0.3, -0.25) is 9.59 Å². The highest BCUT2D eigenvalue weighted by molar-refractivity contribution is 5.90. The number of nitrogens with zero attached hydrogens (tertiary/aromatic N) is 4. The molecule has 14 nitrogen and oxygen atoms in total. The molecule has 53 heavy (non-hydrogen) atoms. The molecule has 2 aromatic heterocycles. The molecule has 4 amide bonds. The molecule has 2 aromatic carbocycles. The molecule has 0 unspecified atom stereocenters. The number of aromatic nitrogens is 4. The molecular weight excluding hydrogens is 676 g/mol. The van der Waals surface area contributed by atoms with Crippen LogP contribution in [0.25, 0.3) is 33.6 Å². The Morgan fingerprint density at radius 1 is 0.849 bits per heavy atom. The Hall–Kier alpha value is -5.66. The summed E-state index contributed by atoms with van der Waals surface area (Å²) >= 11 is 0. The normalized spacial score (nSPS) is 18.8. The van der Waals surface area contributed by atoms with E-state index in [0.717, 1.165) is 65.1 Å². The lowest BCUT2D eigenvalue weighted by molar-refractivity contribution is -0.139. The number of carboxylic acid groups (broad SMARTS) is 1. The van der Waals surface area contributed by atoms with Gasteiger partial charge in [0.15, 0.2) is 0 Å². The molecule has 2 aliphatic heterocycles. The summed E-state index contributed by atoms with van der Waals surface area (Å²) in [6, 6.07) is 15.2. The SMILES string of the molecule is CC[C@@](C)(NC(=O)O)C(=O)N1CCC[C@H]1c1ncc(-c2ccc(-c3ccc(-c4cnc([C@@H]5CCCN5C(=O)[C@H](NC(=O)OC)C(C)C)[nH]4)cc3)cc2)[nH]1. The van der Waals surface area contributed by atoms with Crippen LogP contribution in [-0.4, -0.2) is 90.6 Å². The van der Waals surface area contributed by atoms with Gasteiger partial charge in [0.05, 0.1) is 43.0 Å². The number of nitrogens with one attached hydrogen (secondary N) is 4.